The molecule has 20 heavy (non-hydrogen) atoms. The molecule has 0 aliphatic heterocycles. The van der Waals surface area contributed by atoms with Gasteiger partial charge in [0.2, 0.25) is 5.89 Å². The van der Waals surface area contributed by atoms with E-state index in [9.17, 15) is 0 Å². The van der Waals surface area contributed by atoms with E-state index in [1.165, 1.54) is 6.33 Å². The maximum Gasteiger partial charge on any atom is 0.227 e. The molecule has 0 saturated carbocycles. The van der Waals surface area contributed by atoms with E-state index in [1.807, 2.05) is 18.2 Å². The third-order valence-corrected chi connectivity index (χ3v) is 3.10. The maximum atomic E-state index is 5.40. The minimum atomic E-state index is 0.152. The van der Waals surface area contributed by atoms with E-state index in [0.717, 1.165) is 23.6 Å². The Morgan fingerprint density at radius 1 is 1.30 bits per heavy atom. The molecule has 0 fully saturated rings. The van der Waals surface area contributed by atoms with E-state index in [1.54, 1.807) is 14.2 Å². The fraction of sp³-hybridized carbons (Fsp3) is 0.429. The van der Waals surface area contributed by atoms with Crippen LogP contribution in [0.3, 0.4) is 0 Å². The smallest absolute Gasteiger partial charge is 0.227 e. The molecule has 0 saturated heterocycles. The van der Waals surface area contributed by atoms with E-state index < -0.39 is 0 Å². The second-order valence-electron chi connectivity index (χ2n) is 4.37. The van der Waals surface area contributed by atoms with Crippen molar-refractivity contribution in [3.05, 3.63) is 36.0 Å². The summed E-state index contributed by atoms with van der Waals surface area (Å²) in [4.78, 5) is 3.98. The number of hydrogen-bond acceptors (Lipinski definition) is 6. The molecule has 2 aromatic rings. The molecule has 0 radical (unpaired) electrons. The second-order valence-corrected chi connectivity index (χ2v) is 4.37. The van der Waals surface area contributed by atoms with E-state index in [-0.39, 0.29) is 6.04 Å². The van der Waals surface area contributed by atoms with Crippen LogP contribution >= 0.6 is 0 Å². The fourth-order valence-corrected chi connectivity index (χ4v) is 1.99. The summed E-state index contributed by atoms with van der Waals surface area (Å²) in [6.45, 7) is 2.83. The normalized spacial score (nSPS) is 12.2. The van der Waals surface area contributed by atoms with Crippen LogP contribution in [0, 0.1) is 0 Å². The van der Waals surface area contributed by atoms with Crippen molar-refractivity contribution < 1.29 is 14.0 Å². The molecule has 6 heteroatoms. The SMILES string of the molecule is COc1ccc(C(C)NCCc2ncno2)c(OC)c1. The average molecular weight is 277 g/mol. The first-order valence-electron chi connectivity index (χ1n) is 6.45. The van der Waals surface area contributed by atoms with Crippen LogP contribution in [0.25, 0.3) is 0 Å². The first-order valence-corrected chi connectivity index (χ1v) is 6.45. The molecule has 1 N–H and O–H groups in total. The highest BCUT2D eigenvalue weighted by Gasteiger charge is 2.12. The number of aromatic nitrogens is 2. The molecule has 0 amide bonds. The highest BCUT2D eigenvalue weighted by Crippen LogP contribution is 2.29. The Kier molecular flexibility index (Phi) is 4.95. The van der Waals surface area contributed by atoms with Gasteiger partial charge in [0, 0.05) is 30.6 Å². The van der Waals surface area contributed by atoms with E-state index in [4.69, 9.17) is 14.0 Å². The Bertz CT molecular complexity index is 528. The molecule has 6 nitrogen and oxygen atoms in total. The van der Waals surface area contributed by atoms with Gasteiger partial charge in [0.15, 0.2) is 6.33 Å². The summed E-state index contributed by atoms with van der Waals surface area (Å²) in [6, 6.07) is 5.96. The predicted molar refractivity (Wildman–Crippen MR) is 74.0 cm³/mol. The van der Waals surface area contributed by atoms with Crippen LogP contribution in [0.2, 0.25) is 0 Å². The van der Waals surface area contributed by atoms with Crippen LogP contribution in [-0.4, -0.2) is 30.9 Å². The second kappa shape index (κ2) is 6.91. The number of rotatable bonds is 7. The van der Waals surface area contributed by atoms with Gasteiger partial charge in [-0.1, -0.05) is 11.2 Å². The summed E-state index contributed by atoms with van der Waals surface area (Å²) in [5.74, 6) is 2.22. The van der Waals surface area contributed by atoms with Gasteiger partial charge < -0.3 is 19.3 Å². The molecule has 1 aromatic heterocycles. The summed E-state index contributed by atoms with van der Waals surface area (Å²) >= 11 is 0. The van der Waals surface area contributed by atoms with Crippen LogP contribution in [0.5, 0.6) is 11.5 Å². The van der Waals surface area contributed by atoms with Crippen molar-refractivity contribution in [2.24, 2.45) is 0 Å². The Hall–Kier alpha value is -2.08. The van der Waals surface area contributed by atoms with Gasteiger partial charge in [-0.05, 0) is 13.0 Å². The summed E-state index contributed by atoms with van der Waals surface area (Å²) in [5.41, 5.74) is 1.08. The van der Waals surface area contributed by atoms with Gasteiger partial charge in [-0.15, -0.1) is 0 Å². The minimum absolute atomic E-state index is 0.152. The summed E-state index contributed by atoms with van der Waals surface area (Å²) in [7, 11) is 3.30. The minimum Gasteiger partial charge on any atom is -0.497 e. The summed E-state index contributed by atoms with van der Waals surface area (Å²) in [6.07, 6.45) is 2.11. The van der Waals surface area contributed by atoms with Gasteiger partial charge in [-0.25, -0.2) is 0 Å². The van der Waals surface area contributed by atoms with Crippen LogP contribution in [0.15, 0.2) is 29.0 Å². The zero-order valence-electron chi connectivity index (χ0n) is 11.9. The monoisotopic (exact) mass is 277 g/mol. The zero-order chi connectivity index (χ0) is 14.4. The van der Waals surface area contributed by atoms with Crippen LogP contribution in [0.1, 0.15) is 24.4 Å². The third kappa shape index (κ3) is 3.48. The molecule has 108 valence electrons. The molecule has 0 spiro atoms. The maximum absolute atomic E-state index is 5.40. The topological polar surface area (TPSA) is 69.4 Å². The first-order chi connectivity index (χ1) is 9.74. The van der Waals surface area contributed by atoms with Gasteiger partial charge in [-0.2, -0.15) is 4.98 Å². The van der Waals surface area contributed by atoms with Crippen LogP contribution in [0.4, 0.5) is 0 Å². The summed E-state index contributed by atoms with van der Waals surface area (Å²) < 4.78 is 15.5. The van der Waals surface area contributed by atoms with Gasteiger partial charge in [0.1, 0.15) is 11.5 Å². The molecule has 1 heterocycles. The van der Waals surface area contributed by atoms with Crippen molar-refractivity contribution in [1.82, 2.24) is 15.5 Å². The van der Waals surface area contributed by atoms with Crippen molar-refractivity contribution in [3.8, 4) is 11.5 Å². The lowest BCUT2D eigenvalue weighted by molar-refractivity contribution is 0.369. The number of ether oxygens (including phenoxy) is 2. The van der Waals surface area contributed by atoms with Gasteiger partial charge in [-0.3, -0.25) is 0 Å². The molecule has 2 rings (SSSR count). The quantitative estimate of drug-likeness (QED) is 0.834. The molecule has 0 bridgehead atoms. The lowest BCUT2D eigenvalue weighted by Gasteiger charge is -2.17. The lowest BCUT2D eigenvalue weighted by atomic mass is 10.1. The molecule has 1 unspecified atom stereocenters. The molecule has 0 aliphatic rings. The first kappa shape index (κ1) is 14.3. The molecule has 1 aromatic carbocycles. The molecule has 0 aliphatic carbocycles. The van der Waals surface area contributed by atoms with Crippen LogP contribution in [-0.2, 0) is 6.42 Å². The third-order valence-electron chi connectivity index (χ3n) is 3.10. The number of benzene rings is 1. The highest BCUT2D eigenvalue weighted by atomic mass is 16.5. The van der Waals surface area contributed by atoms with Gasteiger partial charge in [0.25, 0.3) is 0 Å². The fourth-order valence-electron chi connectivity index (χ4n) is 1.99. The van der Waals surface area contributed by atoms with Crippen molar-refractivity contribution in [2.75, 3.05) is 20.8 Å². The average Bonchev–Trinajstić information content (AvgIpc) is 2.99. The van der Waals surface area contributed by atoms with E-state index in [2.05, 4.69) is 22.4 Å². The van der Waals surface area contributed by atoms with Gasteiger partial charge >= 0.3 is 0 Å². The molecular weight excluding hydrogens is 258 g/mol. The zero-order valence-corrected chi connectivity index (χ0v) is 11.9. The van der Waals surface area contributed by atoms with Gasteiger partial charge in [0.05, 0.1) is 14.2 Å². The Morgan fingerprint density at radius 3 is 2.80 bits per heavy atom. The van der Waals surface area contributed by atoms with Crippen molar-refractivity contribution in [1.29, 1.82) is 0 Å². The Labute approximate surface area is 118 Å². The Balaban J connectivity index is 1.95. The number of hydrogen-bond donors (Lipinski definition) is 1. The molecular formula is C14H19N3O3. The van der Waals surface area contributed by atoms with Crippen molar-refractivity contribution in [3.63, 3.8) is 0 Å². The summed E-state index contributed by atoms with van der Waals surface area (Å²) in [5, 5.41) is 6.98. The highest BCUT2D eigenvalue weighted by molar-refractivity contribution is 5.42. The molecule has 1 atom stereocenters. The largest absolute Gasteiger partial charge is 0.497 e. The van der Waals surface area contributed by atoms with E-state index in [0.29, 0.717) is 12.3 Å². The van der Waals surface area contributed by atoms with Crippen molar-refractivity contribution in [2.45, 2.75) is 19.4 Å². The predicted octanol–water partition coefficient (Wildman–Crippen LogP) is 1.98. The van der Waals surface area contributed by atoms with Crippen LogP contribution < -0.4 is 14.8 Å². The standard InChI is InChI=1S/C14H19N3O3/c1-10(15-7-6-14-16-9-17-20-14)12-5-4-11(18-2)8-13(12)19-3/h4-5,8-10,15H,6-7H2,1-3H3. The number of methoxy groups -OCH3 is 2. The van der Waals surface area contributed by atoms with Crippen molar-refractivity contribution >= 4 is 0 Å². The number of nitrogens with zero attached hydrogens (tertiary/aromatic N) is 2. The number of nitrogens with one attached hydrogen (secondary N) is 1. The lowest BCUT2D eigenvalue weighted by Crippen LogP contribution is -2.22. The Morgan fingerprint density at radius 2 is 2.15 bits per heavy atom. The van der Waals surface area contributed by atoms with E-state index >= 15 is 0 Å².